The van der Waals surface area contributed by atoms with Crippen LogP contribution in [0.15, 0.2) is 0 Å². The molecule has 13 heavy (non-hydrogen) atoms. The molecule has 1 heterocycles. The second-order valence-electron chi connectivity index (χ2n) is 3.89. The summed E-state index contributed by atoms with van der Waals surface area (Å²) < 4.78 is 35.4. The van der Waals surface area contributed by atoms with Gasteiger partial charge in [0.25, 0.3) is 0 Å². The Morgan fingerprint density at radius 2 is 2.08 bits per heavy atom. The summed E-state index contributed by atoms with van der Waals surface area (Å²) >= 11 is 0. The molecule has 0 amide bonds. The van der Waals surface area contributed by atoms with Crippen molar-refractivity contribution in [2.75, 3.05) is 19.6 Å². The van der Waals surface area contributed by atoms with Gasteiger partial charge in [-0.1, -0.05) is 0 Å². The minimum atomic E-state index is -4.09. The molecule has 1 aliphatic rings. The number of likely N-dealkylation sites (tertiary alicyclic amines) is 1. The number of halogens is 3. The summed E-state index contributed by atoms with van der Waals surface area (Å²) in [5.41, 5.74) is -0.800. The predicted molar refractivity (Wildman–Crippen MR) is 42.4 cm³/mol. The van der Waals surface area contributed by atoms with Crippen LogP contribution in [0.5, 0.6) is 0 Å². The van der Waals surface area contributed by atoms with Crippen LogP contribution in [0.1, 0.15) is 19.8 Å². The van der Waals surface area contributed by atoms with Crippen LogP contribution in [-0.4, -0.2) is 41.4 Å². The highest BCUT2D eigenvalue weighted by Gasteiger charge is 2.34. The summed E-state index contributed by atoms with van der Waals surface area (Å²) in [6.07, 6.45) is -4.32. The molecule has 0 aromatic rings. The van der Waals surface area contributed by atoms with Gasteiger partial charge in [-0.25, -0.2) is 0 Å². The first-order valence-corrected chi connectivity index (χ1v) is 4.30. The molecule has 0 radical (unpaired) electrons. The van der Waals surface area contributed by atoms with E-state index in [1.54, 1.807) is 11.8 Å². The molecule has 0 bridgehead atoms. The fraction of sp³-hybridized carbons (Fsp3) is 1.00. The molecule has 1 aliphatic heterocycles. The number of hydrogen-bond donors (Lipinski definition) is 1. The second kappa shape index (κ2) is 3.46. The number of rotatable bonds is 2. The van der Waals surface area contributed by atoms with Gasteiger partial charge in [0, 0.05) is 19.6 Å². The monoisotopic (exact) mass is 197 g/mol. The van der Waals surface area contributed by atoms with Gasteiger partial charge >= 0.3 is 6.18 Å². The lowest BCUT2D eigenvalue weighted by molar-refractivity contribution is -0.137. The Hall–Kier alpha value is -0.290. The molecule has 1 atom stereocenters. The van der Waals surface area contributed by atoms with Crippen molar-refractivity contribution >= 4 is 0 Å². The summed E-state index contributed by atoms with van der Waals surface area (Å²) in [7, 11) is 0. The largest absolute Gasteiger partial charge is 0.390 e. The van der Waals surface area contributed by atoms with E-state index in [9.17, 15) is 18.3 Å². The van der Waals surface area contributed by atoms with E-state index in [2.05, 4.69) is 0 Å². The first-order chi connectivity index (χ1) is 5.79. The molecule has 1 unspecified atom stereocenters. The highest BCUT2D eigenvalue weighted by molar-refractivity contribution is 4.85. The molecule has 78 valence electrons. The fourth-order valence-electron chi connectivity index (χ4n) is 1.51. The van der Waals surface area contributed by atoms with Crippen LogP contribution >= 0.6 is 0 Å². The Kier molecular flexibility index (Phi) is 2.87. The van der Waals surface area contributed by atoms with Crippen molar-refractivity contribution in [1.29, 1.82) is 0 Å². The molecule has 0 aliphatic carbocycles. The van der Waals surface area contributed by atoms with Crippen molar-refractivity contribution in [1.82, 2.24) is 4.90 Å². The molecule has 0 aromatic heterocycles. The van der Waals surface area contributed by atoms with Crippen molar-refractivity contribution in [2.24, 2.45) is 0 Å². The summed E-state index contributed by atoms with van der Waals surface area (Å²) in [6.45, 7) is 2.56. The Labute approximate surface area is 75.3 Å². The van der Waals surface area contributed by atoms with Gasteiger partial charge < -0.3 is 10.0 Å². The van der Waals surface area contributed by atoms with Crippen LogP contribution in [0.25, 0.3) is 0 Å². The molecule has 1 rings (SSSR count). The average Bonchev–Trinajstić information content (AvgIpc) is 2.24. The van der Waals surface area contributed by atoms with E-state index in [1.165, 1.54) is 0 Å². The third-order valence-corrected chi connectivity index (χ3v) is 2.24. The zero-order chi connectivity index (χ0) is 10.1. The second-order valence-corrected chi connectivity index (χ2v) is 3.89. The quantitative estimate of drug-likeness (QED) is 0.723. The summed E-state index contributed by atoms with van der Waals surface area (Å²) in [6, 6.07) is 0. The Morgan fingerprint density at radius 3 is 2.46 bits per heavy atom. The molecule has 1 saturated heterocycles. The maximum Gasteiger partial charge on any atom is 0.390 e. The number of nitrogens with zero attached hydrogens (tertiary/aromatic N) is 1. The van der Waals surface area contributed by atoms with Crippen molar-refractivity contribution < 1.29 is 18.3 Å². The van der Waals surface area contributed by atoms with E-state index < -0.39 is 18.2 Å². The van der Waals surface area contributed by atoms with Crippen molar-refractivity contribution in [3.63, 3.8) is 0 Å². The minimum Gasteiger partial charge on any atom is -0.389 e. The number of aliphatic hydroxyl groups is 1. The third-order valence-electron chi connectivity index (χ3n) is 2.24. The lowest BCUT2D eigenvalue weighted by Crippen LogP contribution is -2.31. The fourth-order valence-corrected chi connectivity index (χ4v) is 1.51. The lowest BCUT2D eigenvalue weighted by Gasteiger charge is -2.19. The Morgan fingerprint density at radius 1 is 1.46 bits per heavy atom. The van der Waals surface area contributed by atoms with Crippen LogP contribution in [-0.2, 0) is 0 Å². The zero-order valence-corrected chi connectivity index (χ0v) is 7.56. The van der Waals surface area contributed by atoms with E-state index in [-0.39, 0.29) is 6.54 Å². The summed E-state index contributed by atoms with van der Waals surface area (Å²) in [4.78, 5) is 1.65. The van der Waals surface area contributed by atoms with Crippen LogP contribution < -0.4 is 0 Å². The lowest BCUT2D eigenvalue weighted by atomic mass is 10.1. The SMILES string of the molecule is CC1(O)CCN(CCC(F)(F)F)C1. The molecule has 2 nitrogen and oxygen atoms in total. The molecule has 0 spiro atoms. The van der Waals surface area contributed by atoms with Gasteiger partial charge in [-0.3, -0.25) is 0 Å². The first kappa shape index (κ1) is 10.8. The van der Waals surface area contributed by atoms with Crippen molar-refractivity contribution in [2.45, 2.75) is 31.5 Å². The Balaban J connectivity index is 2.25. The van der Waals surface area contributed by atoms with Crippen molar-refractivity contribution in [3.8, 4) is 0 Å². The van der Waals surface area contributed by atoms with Crippen LogP contribution in [0, 0.1) is 0 Å². The third kappa shape index (κ3) is 3.95. The molecule has 1 N–H and O–H groups in total. The molecule has 0 aromatic carbocycles. The van der Waals surface area contributed by atoms with Gasteiger partial charge in [-0.2, -0.15) is 13.2 Å². The van der Waals surface area contributed by atoms with E-state index in [0.717, 1.165) is 0 Å². The molecule has 0 saturated carbocycles. The molecular weight excluding hydrogens is 183 g/mol. The van der Waals surface area contributed by atoms with Gasteiger partial charge in [0.2, 0.25) is 0 Å². The topological polar surface area (TPSA) is 23.5 Å². The maximum atomic E-state index is 11.8. The summed E-state index contributed by atoms with van der Waals surface area (Å²) in [5, 5.41) is 9.47. The standard InChI is InChI=1S/C8H14F3NO/c1-7(13)2-4-12(6-7)5-3-8(9,10)11/h13H,2-6H2,1H3. The minimum absolute atomic E-state index is 0.000347. The van der Waals surface area contributed by atoms with E-state index in [1.807, 2.05) is 0 Å². The maximum absolute atomic E-state index is 11.8. The smallest absolute Gasteiger partial charge is 0.389 e. The normalized spacial score (nSPS) is 31.2. The number of β-amino-alcohol motifs (C(OH)–C–C–N with tert-alkyl or cyclic N) is 1. The summed E-state index contributed by atoms with van der Waals surface area (Å²) in [5.74, 6) is 0. The van der Waals surface area contributed by atoms with Gasteiger partial charge in [-0.05, 0) is 13.3 Å². The first-order valence-electron chi connectivity index (χ1n) is 4.30. The van der Waals surface area contributed by atoms with E-state index >= 15 is 0 Å². The van der Waals surface area contributed by atoms with E-state index in [4.69, 9.17) is 0 Å². The predicted octanol–water partition coefficient (Wildman–Crippen LogP) is 1.40. The Bertz CT molecular complexity index is 179. The van der Waals surface area contributed by atoms with Crippen molar-refractivity contribution in [3.05, 3.63) is 0 Å². The van der Waals surface area contributed by atoms with Gasteiger partial charge in [0.1, 0.15) is 0 Å². The molecular formula is C8H14F3NO. The zero-order valence-electron chi connectivity index (χ0n) is 7.56. The van der Waals surface area contributed by atoms with Gasteiger partial charge in [0.15, 0.2) is 0 Å². The highest BCUT2D eigenvalue weighted by Crippen LogP contribution is 2.24. The van der Waals surface area contributed by atoms with E-state index in [0.29, 0.717) is 19.5 Å². The number of alkyl halides is 3. The average molecular weight is 197 g/mol. The van der Waals surface area contributed by atoms with Gasteiger partial charge in [0.05, 0.1) is 12.0 Å². The van der Waals surface area contributed by atoms with Gasteiger partial charge in [-0.15, -0.1) is 0 Å². The van der Waals surface area contributed by atoms with Crippen LogP contribution in [0.4, 0.5) is 13.2 Å². The molecule has 1 fully saturated rings. The number of hydrogen-bond acceptors (Lipinski definition) is 2. The highest BCUT2D eigenvalue weighted by atomic mass is 19.4. The van der Waals surface area contributed by atoms with Crippen LogP contribution in [0.3, 0.4) is 0 Å². The van der Waals surface area contributed by atoms with Crippen LogP contribution in [0.2, 0.25) is 0 Å². The molecule has 5 heteroatoms.